The van der Waals surface area contributed by atoms with E-state index in [-0.39, 0.29) is 12.4 Å². The third-order valence-electron chi connectivity index (χ3n) is 6.96. The van der Waals surface area contributed by atoms with Crippen LogP contribution >= 0.6 is 12.4 Å². The molecule has 1 aliphatic carbocycles. The topological polar surface area (TPSA) is 3.24 Å². The molecule has 1 fully saturated rings. The zero-order chi connectivity index (χ0) is 21.0. The molecule has 1 saturated heterocycles. The first-order valence-electron chi connectivity index (χ1n) is 11.7. The van der Waals surface area contributed by atoms with Gasteiger partial charge in [-0.15, -0.1) is 12.4 Å². The van der Waals surface area contributed by atoms with Crippen molar-refractivity contribution in [1.29, 1.82) is 0 Å². The second-order valence-electron chi connectivity index (χ2n) is 8.77. The predicted octanol–water partition coefficient (Wildman–Crippen LogP) is 7.51. The van der Waals surface area contributed by atoms with E-state index in [4.69, 9.17) is 0 Å². The van der Waals surface area contributed by atoms with Crippen molar-refractivity contribution in [1.82, 2.24) is 4.90 Å². The van der Waals surface area contributed by atoms with Crippen molar-refractivity contribution in [3.63, 3.8) is 0 Å². The smallest absolute Gasteiger partial charge is 0.0133 e. The summed E-state index contributed by atoms with van der Waals surface area (Å²) in [7, 11) is 0. The zero-order valence-electron chi connectivity index (χ0n) is 18.8. The molecule has 0 spiro atoms. The molecule has 0 N–H and O–H groups in total. The van der Waals surface area contributed by atoms with Gasteiger partial charge in [0.05, 0.1) is 0 Å². The van der Waals surface area contributed by atoms with E-state index in [0.717, 1.165) is 32.4 Å². The molecule has 0 saturated carbocycles. The van der Waals surface area contributed by atoms with Crippen molar-refractivity contribution in [3.05, 3.63) is 112 Å². The molecule has 1 nitrogen and oxygen atoms in total. The minimum Gasteiger partial charge on any atom is -0.299 e. The van der Waals surface area contributed by atoms with Gasteiger partial charge in [0.25, 0.3) is 0 Å². The highest BCUT2D eigenvalue weighted by atomic mass is 35.5. The summed E-state index contributed by atoms with van der Waals surface area (Å²) >= 11 is 0. The average molecular weight is 442 g/mol. The second-order valence-corrected chi connectivity index (χ2v) is 8.77. The molecule has 164 valence electrons. The van der Waals surface area contributed by atoms with E-state index in [2.05, 4.69) is 103 Å². The number of likely N-dealkylation sites (tertiary alicyclic amines) is 1. The van der Waals surface area contributed by atoms with Gasteiger partial charge in [0.15, 0.2) is 0 Å². The monoisotopic (exact) mass is 441 g/mol. The second kappa shape index (κ2) is 10.3. The molecule has 0 amide bonds. The fraction of sp³-hybridized carbons (Fsp3) is 0.267. The molecule has 0 aromatic heterocycles. The van der Waals surface area contributed by atoms with Gasteiger partial charge in [0, 0.05) is 19.1 Å². The Morgan fingerprint density at radius 3 is 1.81 bits per heavy atom. The molecule has 1 heterocycles. The summed E-state index contributed by atoms with van der Waals surface area (Å²) in [5.41, 5.74) is 10.0. The highest BCUT2D eigenvalue weighted by Crippen LogP contribution is 2.39. The molecule has 0 radical (unpaired) electrons. The lowest BCUT2D eigenvalue weighted by molar-refractivity contribution is 0.177. The molecule has 2 heteroatoms. The molecule has 1 atom stereocenters. The van der Waals surface area contributed by atoms with Crippen LogP contribution in [-0.2, 0) is 6.42 Å². The van der Waals surface area contributed by atoms with E-state index < -0.39 is 0 Å². The van der Waals surface area contributed by atoms with Crippen LogP contribution in [0.3, 0.4) is 0 Å². The summed E-state index contributed by atoms with van der Waals surface area (Å²) in [6.45, 7) is 4.65. The van der Waals surface area contributed by atoms with Crippen LogP contribution in [0.4, 0.5) is 0 Å². The molecule has 0 bridgehead atoms. The minimum atomic E-state index is 0. The summed E-state index contributed by atoms with van der Waals surface area (Å²) in [5.74, 6) is 0. The van der Waals surface area contributed by atoms with Crippen molar-refractivity contribution >= 4 is 30.1 Å². The number of piperidine rings is 1. The van der Waals surface area contributed by atoms with Gasteiger partial charge in [-0.05, 0) is 59.1 Å². The lowest BCUT2D eigenvalue weighted by Gasteiger charge is -2.36. The first kappa shape index (κ1) is 22.6. The Balaban J connectivity index is 0.00000245. The summed E-state index contributed by atoms with van der Waals surface area (Å²) in [6, 6.07) is 29.4. The Hall–Kier alpha value is -2.61. The Morgan fingerprint density at radius 2 is 1.25 bits per heavy atom. The molecule has 5 rings (SSSR count). The summed E-state index contributed by atoms with van der Waals surface area (Å²) in [5, 5.41) is 0. The van der Waals surface area contributed by atoms with Gasteiger partial charge in [0.2, 0.25) is 0 Å². The fourth-order valence-corrected chi connectivity index (χ4v) is 5.27. The summed E-state index contributed by atoms with van der Waals surface area (Å²) in [6.07, 6.45) is 9.23. The van der Waals surface area contributed by atoms with Crippen LogP contribution in [0.2, 0.25) is 0 Å². The maximum Gasteiger partial charge on any atom is 0.0133 e. The van der Waals surface area contributed by atoms with E-state index in [1.165, 1.54) is 39.8 Å². The Morgan fingerprint density at radius 1 is 0.719 bits per heavy atom. The van der Waals surface area contributed by atoms with Crippen LogP contribution in [0, 0.1) is 0 Å². The number of benzene rings is 3. The molecule has 1 aliphatic heterocycles. The third kappa shape index (κ3) is 4.60. The Kier molecular flexibility index (Phi) is 7.29. The number of rotatable bonds is 4. The Labute approximate surface area is 198 Å². The van der Waals surface area contributed by atoms with Gasteiger partial charge < -0.3 is 0 Å². The van der Waals surface area contributed by atoms with Crippen molar-refractivity contribution in [2.45, 2.75) is 38.6 Å². The van der Waals surface area contributed by atoms with E-state index in [1.54, 1.807) is 5.57 Å². The number of nitrogens with zero attached hydrogens (tertiary/aromatic N) is 1. The average Bonchev–Trinajstić information content (AvgIpc) is 3.00. The van der Waals surface area contributed by atoms with E-state index in [1.807, 2.05) is 0 Å². The predicted molar refractivity (Wildman–Crippen MR) is 140 cm³/mol. The standard InChI is InChI=1S/C30H31N.ClH/c1-2-27(22-23-10-4-3-5-11-23)31-20-18-26(19-21-31)30-28-14-8-6-12-24(28)16-17-25-13-7-9-15-29(25)30;/h3-17,27H,2,18-22H2,1H3;1H. The van der Waals surface area contributed by atoms with Gasteiger partial charge in [-0.2, -0.15) is 0 Å². The molecule has 1 unspecified atom stereocenters. The number of halogens is 1. The normalized spacial score (nSPS) is 16.5. The molecular formula is C30H32ClN. The SMILES string of the molecule is CCC(Cc1ccccc1)N1CCC(=C2c3ccccc3C=Cc3ccccc32)CC1.Cl. The molecule has 2 aliphatic rings. The minimum absolute atomic E-state index is 0. The molecule has 3 aromatic carbocycles. The number of fused-ring (bicyclic) bond motifs is 2. The van der Waals surface area contributed by atoms with Gasteiger partial charge in [0.1, 0.15) is 0 Å². The highest BCUT2D eigenvalue weighted by Gasteiger charge is 2.25. The van der Waals surface area contributed by atoms with Gasteiger partial charge >= 0.3 is 0 Å². The Bertz CT molecular complexity index is 1050. The van der Waals surface area contributed by atoms with Crippen molar-refractivity contribution < 1.29 is 0 Å². The van der Waals surface area contributed by atoms with E-state index in [0.29, 0.717) is 6.04 Å². The van der Waals surface area contributed by atoms with Crippen LogP contribution in [0.15, 0.2) is 84.4 Å². The molecule has 32 heavy (non-hydrogen) atoms. The number of hydrogen-bond donors (Lipinski definition) is 0. The number of hydrogen-bond acceptors (Lipinski definition) is 1. The molecular weight excluding hydrogens is 410 g/mol. The van der Waals surface area contributed by atoms with Gasteiger partial charge in [-0.3, -0.25) is 4.90 Å². The quantitative estimate of drug-likeness (QED) is 0.316. The maximum atomic E-state index is 2.73. The highest BCUT2D eigenvalue weighted by molar-refractivity contribution is 5.94. The van der Waals surface area contributed by atoms with Crippen molar-refractivity contribution in [2.75, 3.05) is 13.1 Å². The van der Waals surface area contributed by atoms with Crippen LogP contribution in [0.1, 0.15) is 54.0 Å². The first-order chi connectivity index (χ1) is 15.3. The van der Waals surface area contributed by atoms with Gasteiger partial charge in [-0.25, -0.2) is 0 Å². The zero-order valence-corrected chi connectivity index (χ0v) is 19.7. The van der Waals surface area contributed by atoms with E-state index in [9.17, 15) is 0 Å². The van der Waals surface area contributed by atoms with E-state index >= 15 is 0 Å². The van der Waals surface area contributed by atoms with Crippen molar-refractivity contribution in [3.8, 4) is 0 Å². The maximum absolute atomic E-state index is 2.73. The van der Waals surface area contributed by atoms with Crippen LogP contribution < -0.4 is 0 Å². The summed E-state index contributed by atoms with van der Waals surface area (Å²) in [4.78, 5) is 2.73. The van der Waals surface area contributed by atoms with Crippen molar-refractivity contribution in [2.24, 2.45) is 0 Å². The van der Waals surface area contributed by atoms with Crippen LogP contribution in [0.25, 0.3) is 17.7 Å². The van der Waals surface area contributed by atoms with Gasteiger partial charge in [-0.1, -0.05) is 104 Å². The molecule has 3 aromatic rings. The van der Waals surface area contributed by atoms with Crippen LogP contribution in [0.5, 0.6) is 0 Å². The fourth-order valence-electron chi connectivity index (χ4n) is 5.27. The first-order valence-corrected chi connectivity index (χ1v) is 11.7. The largest absolute Gasteiger partial charge is 0.299 e. The lowest BCUT2D eigenvalue weighted by atomic mass is 9.85. The van der Waals surface area contributed by atoms with Crippen LogP contribution in [-0.4, -0.2) is 24.0 Å². The lowest BCUT2D eigenvalue weighted by Crippen LogP contribution is -2.40. The third-order valence-corrected chi connectivity index (χ3v) is 6.96. The summed E-state index contributed by atoms with van der Waals surface area (Å²) < 4.78 is 0.